The third-order valence-corrected chi connectivity index (χ3v) is 3.62. The van der Waals surface area contributed by atoms with E-state index >= 15 is 0 Å². The lowest BCUT2D eigenvalue weighted by Crippen LogP contribution is -2.37. The first-order valence-corrected chi connectivity index (χ1v) is 6.89. The van der Waals surface area contributed by atoms with Crippen LogP contribution < -0.4 is 5.32 Å². The van der Waals surface area contributed by atoms with Crippen molar-refractivity contribution in [2.75, 3.05) is 18.4 Å². The molecule has 0 unspecified atom stereocenters. The minimum Gasteiger partial charge on any atom is -0.376 e. The van der Waals surface area contributed by atoms with Crippen LogP contribution in [0.25, 0.3) is 0 Å². The van der Waals surface area contributed by atoms with Gasteiger partial charge in [-0.1, -0.05) is 0 Å². The van der Waals surface area contributed by atoms with Gasteiger partial charge in [0.05, 0.1) is 11.0 Å². The van der Waals surface area contributed by atoms with Crippen LogP contribution in [0.3, 0.4) is 0 Å². The van der Waals surface area contributed by atoms with Crippen molar-refractivity contribution in [3.8, 4) is 0 Å². The first-order chi connectivity index (χ1) is 8.61. The zero-order valence-electron chi connectivity index (χ0n) is 10.2. The van der Waals surface area contributed by atoms with Crippen molar-refractivity contribution in [3.63, 3.8) is 0 Å². The second-order valence-electron chi connectivity index (χ2n) is 4.39. The molecule has 0 saturated heterocycles. The van der Waals surface area contributed by atoms with Gasteiger partial charge in [0.2, 0.25) is 5.91 Å². The van der Waals surface area contributed by atoms with E-state index in [9.17, 15) is 9.18 Å². The average Bonchev–Trinajstić information content (AvgIpc) is 3.16. The van der Waals surface area contributed by atoms with Gasteiger partial charge in [-0.05, 0) is 53.9 Å². The maximum atomic E-state index is 13.0. The Morgan fingerprint density at radius 3 is 2.83 bits per heavy atom. The molecule has 1 amide bonds. The molecule has 1 aromatic rings. The number of carbonyl (C=O) groups is 1. The number of nitrogens with one attached hydrogen (secondary N) is 1. The van der Waals surface area contributed by atoms with Gasteiger partial charge < -0.3 is 10.2 Å². The molecule has 1 fully saturated rings. The molecule has 0 aromatic heterocycles. The summed E-state index contributed by atoms with van der Waals surface area (Å²) in [6.45, 7) is 2.99. The molecule has 0 spiro atoms. The van der Waals surface area contributed by atoms with E-state index in [-0.39, 0.29) is 18.3 Å². The van der Waals surface area contributed by atoms with Crippen molar-refractivity contribution >= 4 is 27.5 Å². The van der Waals surface area contributed by atoms with Crippen LogP contribution in [0.1, 0.15) is 19.8 Å². The van der Waals surface area contributed by atoms with E-state index < -0.39 is 0 Å². The molecule has 0 atom stereocenters. The summed E-state index contributed by atoms with van der Waals surface area (Å²) in [5.41, 5.74) is 0.739. The number of hydrogen-bond donors (Lipinski definition) is 1. The lowest BCUT2D eigenvalue weighted by atomic mass is 10.3. The Labute approximate surface area is 114 Å². The minimum atomic E-state index is -0.306. The molecule has 98 valence electrons. The van der Waals surface area contributed by atoms with Crippen molar-refractivity contribution < 1.29 is 9.18 Å². The molecule has 0 aliphatic heterocycles. The second kappa shape index (κ2) is 5.69. The molecule has 1 aliphatic rings. The van der Waals surface area contributed by atoms with E-state index in [0.29, 0.717) is 10.5 Å². The van der Waals surface area contributed by atoms with Crippen LogP contribution in [0.4, 0.5) is 10.1 Å². The number of likely N-dealkylation sites (N-methyl/N-ethyl adjacent to an activating group) is 1. The fraction of sp³-hybridized carbons (Fsp3) is 0.462. The van der Waals surface area contributed by atoms with E-state index in [4.69, 9.17) is 0 Å². The fourth-order valence-corrected chi connectivity index (χ4v) is 2.29. The third kappa shape index (κ3) is 3.22. The summed E-state index contributed by atoms with van der Waals surface area (Å²) in [6, 6.07) is 5.07. The Kier molecular flexibility index (Phi) is 4.22. The van der Waals surface area contributed by atoms with E-state index in [1.54, 1.807) is 12.1 Å². The van der Waals surface area contributed by atoms with Crippen molar-refractivity contribution in [2.24, 2.45) is 0 Å². The lowest BCUT2D eigenvalue weighted by molar-refractivity contribution is -0.129. The Hall–Kier alpha value is -1.10. The predicted molar refractivity (Wildman–Crippen MR) is 73.0 cm³/mol. The van der Waals surface area contributed by atoms with Gasteiger partial charge in [0.15, 0.2) is 0 Å². The Bertz CT molecular complexity index is 449. The van der Waals surface area contributed by atoms with Crippen LogP contribution in [-0.4, -0.2) is 29.9 Å². The minimum absolute atomic E-state index is 0.0976. The molecular formula is C13H16BrFN2O. The summed E-state index contributed by atoms with van der Waals surface area (Å²) in [5, 5.41) is 3.02. The maximum Gasteiger partial charge on any atom is 0.242 e. The highest BCUT2D eigenvalue weighted by atomic mass is 79.9. The Morgan fingerprint density at radius 1 is 1.56 bits per heavy atom. The number of halogens is 2. The number of nitrogens with zero attached hydrogens (tertiary/aromatic N) is 1. The van der Waals surface area contributed by atoms with E-state index in [1.165, 1.54) is 6.07 Å². The van der Waals surface area contributed by atoms with Crippen LogP contribution in [0.2, 0.25) is 0 Å². The normalized spacial score (nSPS) is 14.4. The molecule has 1 saturated carbocycles. The van der Waals surface area contributed by atoms with Crippen molar-refractivity contribution in [3.05, 3.63) is 28.5 Å². The smallest absolute Gasteiger partial charge is 0.242 e. The highest BCUT2D eigenvalue weighted by Crippen LogP contribution is 2.26. The molecule has 1 aliphatic carbocycles. The van der Waals surface area contributed by atoms with E-state index in [0.717, 1.165) is 25.1 Å². The van der Waals surface area contributed by atoms with Gasteiger partial charge in [0.25, 0.3) is 0 Å². The first-order valence-electron chi connectivity index (χ1n) is 6.10. The number of rotatable bonds is 5. The molecule has 3 nitrogen and oxygen atoms in total. The van der Waals surface area contributed by atoms with Crippen molar-refractivity contribution in [1.29, 1.82) is 0 Å². The van der Waals surface area contributed by atoms with Gasteiger partial charge in [-0.2, -0.15) is 0 Å². The first kappa shape index (κ1) is 13.3. The summed E-state index contributed by atoms with van der Waals surface area (Å²) < 4.78 is 13.4. The number of carbonyl (C=O) groups excluding carboxylic acids is 1. The van der Waals surface area contributed by atoms with Crippen LogP contribution in [0.15, 0.2) is 22.7 Å². The molecule has 1 N–H and O–H groups in total. The molecule has 0 radical (unpaired) electrons. The summed E-state index contributed by atoms with van der Waals surface area (Å²) in [6.07, 6.45) is 2.23. The number of hydrogen-bond acceptors (Lipinski definition) is 2. The molecule has 18 heavy (non-hydrogen) atoms. The van der Waals surface area contributed by atoms with Gasteiger partial charge in [0.1, 0.15) is 5.82 Å². The lowest BCUT2D eigenvalue weighted by Gasteiger charge is -2.20. The molecule has 1 aromatic carbocycles. The summed E-state index contributed by atoms with van der Waals surface area (Å²) in [7, 11) is 0. The van der Waals surface area contributed by atoms with Crippen LogP contribution in [0.5, 0.6) is 0 Å². The summed E-state index contributed by atoms with van der Waals surface area (Å²) in [4.78, 5) is 13.9. The number of benzene rings is 1. The topological polar surface area (TPSA) is 32.3 Å². The van der Waals surface area contributed by atoms with Gasteiger partial charge in [-0.15, -0.1) is 0 Å². The highest BCUT2D eigenvalue weighted by molar-refractivity contribution is 9.10. The molecule has 0 heterocycles. The Balaban J connectivity index is 1.90. The second-order valence-corrected chi connectivity index (χ2v) is 5.25. The van der Waals surface area contributed by atoms with Crippen LogP contribution >= 0.6 is 15.9 Å². The zero-order valence-corrected chi connectivity index (χ0v) is 11.8. The average molecular weight is 315 g/mol. The Morgan fingerprint density at radius 2 is 2.28 bits per heavy atom. The summed E-state index contributed by atoms with van der Waals surface area (Å²) >= 11 is 3.12. The number of anilines is 1. The van der Waals surface area contributed by atoms with E-state index in [2.05, 4.69) is 21.2 Å². The molecule has 2 rings (SSSR count). The third-order valence-electron chi connectivity index (χ3n) is 3.01. The van der Waals surface area contributed by atoms with Crippen LogP contribution in [-0.2, 0) is 4.79 Å². The van der Waals surface area contributed by atoms with Gasteiger partial charge in [-0.25, -0.2) is 4.39 Å². The van der Waals surface area contributed by atoms with Gasteiger partial charge >= 0.3 is 0 Å². The largest absolute Gasteiger partial charge is 0.376 e. The standard InChI is InChI=1S/C13H16BrFN2O/c1-2-17(10-4-5-10)13(18)8-16-9-3-6-12(15)11(14)7-9/h3,6-7,10,16H,2,4-5,8H2,1H3. The van der Waals surface area contributed by atoms with Crippen LogP contribution in [0, 0.1) is 5.82 Å². The van der Waals surface area contributed by atoms with Crippen molar-refractivity contribution in [2.45, 2.75) is 25.8 Å². The monoisotopic (exact) mass is 314 g/mol. The van der Waals surface area contributed by atoms with Crippen molar-refractivity contribution in [1.82, 2.24) is 4.90 Å². The fourth-order valence-electron chi connectivity index (χ4n) is 1.91. The van der Waals surface area contributed by atoms with E-state index in [1.807, 2.05) is 11.8 Å². The molecule has 0 bridgehead atoms. The number of amides is 1. The molecule has 5 heteroatoms. The summed E-state index contributed by atoms with van der Waals surface area (Å²) in [5.74, 6) is -0.208. The maximum absolute atomic E-state index is 13.0. The predicted octanol–water partition coefficient (Wildman–Crippen LogP) is 3.01. The van der Waals surface area contributed by atoms with Gasteiger partial charge in [-0.3, -0.25) is 4.79 Å². The van der Waals surface area contributed by atoms with Gasteiger partial charge in [0, 0.05) is 18.3 Å². The quantitative estimate of drug-likeness (QED) is 0.906. The highest BCUT2D eigenvalue weighted by Gasteiger charge is 2.30. The zero-order chi connectivity index (χ0) is 13.1. The SMILES string of the molecule is CCN(C(=O)CNc1ccc(F)c(Br)c1)C1CC1. The molecular weight excluding hydrogens is 299 g/mol.